The summed E-state index contributed by atoms with van der Waals surface area (Å²) in [5, 5.41) is 9.54. The first kappa shape index (κ1) is 8.10. The van der Waals surface area contributed by atoms with Crippen molar-refractivity contribution in [1.82, 2.24) is 20.4 Å². The molecule has 5 heteroatoms. The van der Waals surface area contributed by atoms with Crippen LogP contribution in [0.4, 0.5) is 4.79 Å². The van der Waals surface area contributed by atoms with Gasteiger partial charge in [-0.15, -0.1) is 0 Å². The van der Waals surface area contributed by atoms with E-state index in [0.29, 0.717) is 19.6 Å². The van der Waals surface area contributed by atoms with Crippen molar-refractivity contribution in [3.05, 3.63) is 17.5 Å². The average molecular weight is 180 g/mol. The van der Waals surface area contributed by atoms with E-state index in [-0.39, 0.29) is 6.03 Å². The Balaban J connectivity index is 2.01. The van der Waals surface area contributed by atoms with Crippen LogP contribution in [0.15, 0.2) is 6.20 Å². The molecule has 0 saturated carbocycles. The topological polar surface area (TPSA) is 61.0 Å². The first-order valence-electron chi connectivity index (χ1n) is 4.35. The van der Waals surface area contributed by atoms with Crippen molar-refractivity contribution >= 4 is 6.03 Å². The van der Waals surface area contributed by atoms with Gasteiger partial charge in [0, 0.05) is 12.1 Å². The van der Waals surface area contributed by atoms with Crippen LogP contribution in [0.5, 0.6) is 0 Å². The largest absolute Gasteiger partial charge is 0.338 e. The molecule has 0 saturated heterocycles. The lowest BCUT2D eigenvalue weighted by atomic mass is 10.3. The Morgan fingerprint density at radius 3 is 3.31 bits per heavy atom. The normalized spacial score (nSPS) is 14.4. The predicted molar refractivity (Wildman–Crippen MR) is 46.9 cm³/mol. The zero-order valence-electron chi connectivity index (χ0n) is 7.50. The number of rotatable bonds is 1. The Bertz CT molecular complexity index is 299. The number of amides is 2. The number of carbonyl (C=O) groups is 1. The molecule has 0 aromatic carbocycles. The van der Waals surface area contributed by atoms with Crippen LogP contribution in [-0.2, 0) is 13.1 Å². The van der Waals surface area contributed by atoms with Crippen molar-refractivity contribution in [2.24, 2.45) is 0 Å². The van der Waals surface area contributed by atoms with Crippen LogP contribution in [0.25, 0.3) is 0 Å². The summed E-state index contributed by atoms with van der Waals surface area (Å²) in [6.07, 6.45) is 1.77. The first-order chi connectivity index (χ1) is 6.31. The monoisotopic (exact) mass is 180 g/mol. The molecule has 5 nitrogen and oxygen atoms in total. The van der Waals surface area contributed by atoms with Gasteiger partial charge in [-0.2, -0.15) is 5.10 Å². The van der Waals surface area contributed by atoms with E-state index >= 15 is 0 Å². The Morgan fingerprint density at radius 2 is 2.62 bits per heavy atom. The highest BCUT2D eigenvalue weighted by molar-refractivity contribution is 5.74. The first-order valence-corrected chi connectivity index (χ1v) is 4.35. The predicted octanol–water partition coefficient (Wildman–Crippen LogP) is 0.455. The zero-order chi connectivity index (χ0) is 9.26. The molecular formula is C8H12N4O. The minimum absolute atomic E-state index is 0.00731. The van der Waals surface area contributed by atoms with Crippen molar-refractivity contribution in [2.45, 2.75) is 20.0 Å². The van der Waals surface area contributed by atoms with E-state index in [0.717, 1.165) is 11.3 Å². The molecule has 0 aliphatic carbocycles. The van der Waals surface area contributed by atoms with Crippen LogP contribution in [0.2, 0.25) is 0 Å². The molecule has 0 unspecified atom stereocenters. The standard InChI is InChI=1S/C8H12N4O/c1-2-9-8(13)12-4-6-3-10-11-7(6)5-12/h3H,2,4-5H2,1H3,(H,9,13)(H,10,11). The second-order valence-electron chi connectivity index (χ2n) is 3.07. The molecule has 1 aromatic rings. The van der Waals surface area contributed by atoms with Gasteiger partial charge < -0.3 is 10.2 Å². The summed E-state index contributed by atoms with van der Waals surface area (Å²) < 4.78 is 0. The van der Waals surface area contributed by atoms with Crippen molar-refractivity contribution in [2.75, 3.05) is 6.54 Å². The van der Waals surface area contributed by atoms with E-state index in [2.05, 4.69) is 15.5 Å². The van der Waals surface area contributed by atoms with E-state index < -0.39 is 0 Å². The van der Waals surface area contributed by atoms with Crippen LogP contribution in [0.3, 0.4) is 0 Å². The van der Waals surface area contributed by atoms with Gasteiger partial charge >= 0.3 is 6.03 Å². The second kappa shape index (κ2) is 3.08. The van der Waals surface area contributed by atoms with Gasteiger partial charge in [0.15, 0.2) is 0 Å². The summed E-state index contributed by atoms with van der Waals surface area (Å²) in [5.41, 5.74) is 2.16. The van der Waals surface area contributed by atoms with Gasteiger partial charge in [0.2, 0.25) is 0 Å². The quantitative estimate of drug-likeness (QED) is 0.659. The number of hydrogen-bond acceptors (Lipinski definition) is 2. The summed E-state index contributed by atoms with van der Waals surface area (Å²) in [5.74, 6) is 0. The number of nitrogens with zero attached hydrogens (tertiary/aromatic N) is 2. The van der Waals surface area contributed by atoms with Crippen LogP contribution in [0, 0.1) is 0 Å². The fraction of sp³-hybridized carbons (Fsp3) is 0.500. The zero-order valence-corrected chi connectivity index (χ0v) is 7.50. The van der Waals surface area contributed by atoms with E-state index in [1.54, 1.807) is 11.1 Å². The number of hydrogen-bond donors (Lipinski definition) is 2. The maximum atomic E-state index is 11.4. The van der Waals surface area contributed by atoms with Crippen LogP contribution < -0.4 is 5.32 Å². The second-order valence-corrected chi connectivity index (χ2v) is 3.07. The summed E-state index contributed by atoms with van der Waals surface area (Å²) in [4.78, 5) is 13.1. The Hall–Kier alpha value is -1.52. The molecule has 2 rings (SSSR count). The van der Waals surface area contributed by atoms with Crippen molar-refractivity contribution < 1.29 is 4.79 Å². The van der Waals surface area contributed by atoms with Gasteiger partial charge in [-0.3, -0.25) is 5.10 Å². The molecule has 0 spiro atoms. The van der Waals surface area contributed by atoms with Crippen molar-refractivity contribution in [3.8, 4) is 0 Å². The molecule has 70 valence electrons. The molecule has 13 heavy (non-hydrogen) atoms. The van der Waals surface area contributed by atoms with Crippen LogP contribution in [0.1, 0.15) is 18.2 Å². The summed E-state index contributed by atoms with van der Waals surface area (Å²) >= 11 is 0. The van der Waals surface area contributed by atoms with E-state index in [4.69, 9.17) is 0 Å². The molecule has 2 N–H and O–H groups in total. The fourth-order valence-electron chi connectivity index (χ4n) is 1.47. The van der Waals surface area contributed by atoms with Gasteiger partial charge in [0.05, 0.1) is 25.0 Å². The highest BCUT2D eigenvalue weighted by Gasteiger charge is 2.23. The molecule has 0 atom stereocenters. The minimum Gasteiger partial charge on any atom is -0.338 e. The van der Waals surface area contributed by atoms with Crippen molar-refractivity contribution in [3.63, 3.8) is 0 Å². The van der Waals surface area contributed by atoms with Crippen LogP contribution in [-0.4, -0.2) is 27.7 Å². The number of aromatic amines is 1. The lowest BCUT2D eigenvalue weighted by Gasteiger charge is -2.15. The molecule has 2 amide bonds. The third-order valence-electron chi connectivity index (χ3n) is 2.13. The molecule has 2 heterocycles. The SMILES string of the molecule is CCNC(=O)N1Cc2cn[nH]c2C1. The van der Waals surface area contributed by atoms with Gasteiger partial charge in [-0.05, 0) is 6.92 Å². The Kier molecular flexibility index (Phi) is 1.92. The molecule has 0 bridgehead atoms. The Morgan fingerprint density at radius 1 is 1.77 bits per heavy atom. The summed E-state index contributed by atoms with van der Waals surface area (Å²) in [6, 6.07) is -0.00731. The lowest BCUT2D eigenvalue weighted by Crippen LogP contribution is -2.36. The maximum absolute atomic E-state index is 11.4. The number of aromatic nitrogens is 2. The average Bonchev–Trinajstić information content (AvgIpc) is 2.61. The van der Waals surface area contributed by atoms with Gasteiger partial charge in [0.25, 0.3) is 0 Å². The number of urea groups is 1. The van der Waals surface area contributed by atoms with E-state index in [1.165, 1.54) is 0 Å². The van der Waals surface area contributed by atoms with E-state index in [1.807, 2.05) is 6.92 Å². The minimum atomic E-state index is -0.00731. The van der Waals surface area contributed by atoms with Crippen LogP contribution >= 0.6 is 0 Å². The number of fused-ring (bicyclic) bond motifs is 1. The maximum Gasteiger partial charge on any atom is 0.318 e. The molecule has 1 aromatic heterocycles. The molecule has 1 aliphatic rings. The molecular weight excluding hydrogens is 168 g/mol. The van der Waals surface area contributed by atoms with Gasteiger partial charge in [-0.25, -0.2) is 4.79 Å². The summed E-state index contributed by atoms with van der Waals surface area (Å²) in [6.45, 7) is 3.88. The smallest absolute Gasteiger partial charge is 0.318 e. The highest BCUT2D eigenvalue weighted by atomic mass is 16.2. The third-order valence-corrected chi connectivity index (χ3v) is 2.13. The van der Waals surface area contributed by atoms with Crippen molar-refractivity contribution in [1.29, 1.82) is 0 Å². The number of H-pyrrole nitrogens is 1. The molecule has 0 fully saturated rings. The van der Waals surface area contributed by atoms with Gasteiger partial charge in [-0.1, -0.05) is 0 Å². The van der Waals surface area contributed by atoms with Gasteiger partial charge in [0.1, 0.15) is 0 Å². The fourth-order valence-corrected chi connectivity index (χ4v) is 1.47. The Labute approximate surface area is 76.1 Å². The highest BCUT2D eigenvalue weighted by Crippen LogP contribution is 2.19. The summed E-state index contributed by atoms with van der Waals surface area (Å²) in [7, 11) is 0. The number of carbonyl (C=O) groups excluding carboxylic acids is 1. The van der Waals surface area contributed by atoms with E-state index in [9.17, 15) is 4.79 Å². The molecule has 1 aliphatic heterocycles. The third kappa shape index (κ3) is 1.37. The molecule has 0 radical (unpaired) electrons. The lowest BCUT2D eigenvalue weighted by molar-refractivity contribution is 0.198. The number of nitrogens with one attached hydrogen (secondary N) is 2.